The van der Waals surface area contributed by atoms with E-state index in [9.17, 15) is 9.18 Å². The van der Waals surface area contributed by atoms with Gasteiger partial charge in [0.15, 0.2) is 5.15 Å². The first-order chi connectivity index (χ1) is 8.97. The van der Waals surface area contributed by atoms with Crippen molar-refractivity contribution in [1.82, 2.24) is 4.98 Å². The molecule has 2 rings (SSSR count). The van der Waals surface area contributed by atoms with Gasteiger partial charge in [0.1, 0.15) is 5.82 Å². The quantitative estimate of drug-likeness (QED) is 0.849. The van der Waals surface area contributed by atoms with Crippen LogP contribution in [-0.2, 0) is 0 Å². The highest BCUT2D eigenvalue weighted by Crippen LogP contribution is 2.21. The summed E-state index contributed by atoms with van der Waals surface area (Å²) >= 11 is 11.4. The molecule has 6 heteroatoms. The van der Waals surface area contributed by atoms with Crippen molar-refractivity contribution in [2.24, 2.45) is 0 Å². The second-order valence-corrected chi connectivity index (χ2v) is 4.70. The summed E-state index contributed by atoms with van der Waals surface area (Å²) in [5, 5.41) is 2.71. The summed E-state index contributed by atoms with van der Waals surface area (Å²) in [5.41, 5.74) is 1.38. The van der Waals surface area contributed by atoms with Crippen LogP contribution in [0.25, 0.3) is 0 Å². The van der Waals surface area contributed by atoms with Gasteiger partial charge in [0, 0.05) is 11.8 Å². The third-order valence-corrected chi connectivity index (χ3v) is 3.01. The summed E-state index contributed by atoms with van der Waals surface area (Å²) < 4.78 is 13.3. The number of carbonyl (C=O) groups excluding carboxylic acids is 1. The maximum atomic E-state index is 13.3. The minimum atomic E-state index is -0.650. The molecular weight excluding hydrogens is 290 g/mol. The maximum absolute atomic E-state index is 13.3. The molecule has 19 heavy (non-hydrogen) atoms. The van der Waals surface area contributed by atoms with Gasteiger partial charge < -0.3 is 5.32 Å². The number of hydrogen-bond acceptors (Lipinski definition) is 2. The molecule has 0 radical (unpaired) electrons. The standard InChI is InChI=1S/C13H9Cl2FN2O/c1-7-4-11(12(15)17-6-7)18-13(19)8-2-3-9(14)10(16)5-8/h2-6H,1H3,(H,18,19). The number of aryl methyl sites for hydroxylation is 1. The largest absolute Gasteiger partial charge is 0.319 e. The van der Waals surface area contributed by atoms with E-state index in [1.165, 1.54) is 12.1 Å². The summed E-state index contributed by atoms with van der Waals surface area (Å²) in [6.45, 7) is 1.82. The Hall–Kier alpha value is -1.65. The Morgan fingerprint density at radius 2 is 2.05 bits per heavy atom. The molecule has 0 spiro atoms. The van der Waals surface area contributed by atoms with E-state index >= 15 is 0 Å². The Labute approximate surface area is 119 Å². The molecule has 1 aromatic heterocycles. The van der Waals surface area contributed by atoms with Crippen LogP contribution in [0.5, 0.6) is 0 Å². The number of hydrogen-bond donors (Lipinski definition) is 1. The van der Waals surface area contributed by atoms with E-state index in [1.807, 2.05) is 6.92 Å². The van der Waals surface area contributed by atoms with E-state index in [4.69, 9.17) is 23.2 Å². The van der Waals surface area contributed by atoms with Gasteiger partial charge in [-0.3, -0.25) is 4.79 Å². The number of aromatic nitrogens is 1. The molecule has 0 aliphatic heterocycles. The number of nitrogens with zero attached hydrogens (tertiary/aromatic N) is 1. The topological polar surface area (TPSA) is 42.0 Å². The lowest BCUT2D eigenvalue weighted by atomic mass is 10.2. The van der Waals surface area contributed by atoms with Crippen LogP contribution in [0.1, 0.15) is 15.9 Å². The monoisotopic (exact) mass is 298 g/mol. The molecular formula is C13H9Cl2FN2O. The number of nitrogens with one attached hydrogen (secondary N) is 1. The van der Waals surface area contributed by atoms with E-state index in [0.717, 1.165) is 11.6 Å². The van der Waals surface area contributed by atoms with Gasteiger partial charge in [0.25, 0.3) is 5.91 Å². The second kappa shape index (κ2) is 5.55. The average molecular weight is 299 g/mol. The van der Waals surface area contributed by atoms with Gasteiger partial charge in [0.05, 0.1) is 10.7 Å². The SMILES string of the molecule is Cc1cnc(Cl)c(NC(=O)c2ccc(Cl)c(F)c2)c1. The lowest BCUT2D eigenvalue weighted by Crippen LogP contribution is -2.13. The number of carbonyl (C=O) groups is 1. The Balaban J connectivity index is 2.25. The van der Waals surface area contributed by atoms with Crippen molar-refractivity contribution in [2.45, 2.75) is 6.92 Å². The molecule has 0 aliphatic carbocycles. The Kier molecular flexibility index (Phi) is 4.02. The molecule has 0 saturated heterocycles. The van der Waals surface area contributed by atoms with Crippen molar-refractivity contribution < 1.29 is 9.18 Å². The molecule has 98 valence electrons. The zero-order valence-corrected chi connectivity index (χ0v) is 11.4. The minimum absolute atomic E-state index is 0.0354. The first-order valence-electron chi connectivity index (χ1n) is 5.36. The van der Waals surface area contributed by atoms with Crippen molar-refractivity contribution in [1.29, 1.82) is 0 Å². The molecule has 1 N–H and O–H groups in total. The van der Waals surface area contributed by atoms with Crippen molar-refractivity contribution >= 4 is 34.8 Å². The summed E-state index contributed by atoms with van der Waals surface area (Å²) in [6.07, 6.45) is 1.58. The smallest absolute Gasteiger partial charge is 0.255 e. The van der Waals surface area contributed by atoms with Crippen molar-refractivity contribution in [3.63, 3.8) is 0 Å². The van der Waals surface area contributed by atoms with Crippen molar-refractivity contribution in [3.05, 3.63) is 57.6 Å². The van der Waals surface area contributed by atoms with Crippen LogP contribution in [-0.4, -0.2) is 10.9 Å². The maximum Gasteiger partial charge on any atom is 0.255 e. The number of anilines is 1. The van der Waals surface area contributed by atoms with Crippen molar-refractivity contribution in [3.8, 4) is 0 Å². The van der Waals surface area contributed by atoms with Gasteiger partial charge >= 0.3 is 0 Å². The number of rotatable bonds is 2. The second-order valence-electron chi connectivity index (χ2n) is 3.93. The molecule has 3 nitrogen and oxygen atoms in total. The van der Waals surface area contributed by atoms with Crippen LogP contribution in [0, 0.1) is 12.7 Å². The van der Waals surface area contributed by atoms with E-state index in [-0.39, 0.29) is 15.7 Å². The number of amides is 1. The van der Waals surface area contributed by atoms with E-state index < -0.39 is 11.7 Å². The van der Waals surface area contributed by atoms with E-state index in [1.54, 1.807) is 12.3 Å². The molecule has 0 atom stereocenters. The van der Waals surface area contributed by atoms with Crippen LogP contribution in [0.4, 0.5) is 10.1 Å². The van der Waals surface area contributed by atoms with Crippen LogP contribution < -0.4 is 5.32 Å². The molecule has 0 bridgehead atoms. The normalized spacial score (nSPS) is 10.3. The highest BCUT2D eigenvalue weighted by atomic mass is 35.5. The fraction of sp³-hybridized carbons (Fsp3) is 0.0769. The fourth-order valence-electron chi connectivity index (χ4n) is 1.47. The number of benzene rings is 1. The predicted molar refractivity (Wildman–Crippen MR) is 73.3 cm³/mol. The summed E-state index contributed by atoms with van der Waals surface area (Å²) in [4.78, 5) is 15.8. The van der Waals surface area contributed by atoms with Crippen molar-refractivity contribution in [2.75, 3.05) is 5.32 Å². The van der Waals surface area contributed by atoms with Crippen LogP contribution >= 0.6 is 23.2 Å². The van der Waals surface area contributed by atoms with Gasteiger partial charge in [-0.1, -0.05) is 23.2 Å². The molecule has 0 fully saturated rings. The first-order valence-corrected chi connectivity index (χ1v) is 6.11. The van der Waals surface area contributed by atoms with Gasteiger partial charge in [-0.15, -0.1) is 0 Å². The minimum Gasteiger partial charge on any atom is -0.319 e. The highest BCUT2D eigenvalue weighted by Gasteiger charge is 2.11. The predicted octanol–water partition coefficient (Wildman–Crippen LogP) is 4.09. The Morgan fingerprint density at radius 1 is 1.32 bits per heavy atom. The lowest BCUT2D eigenvalue weighted by Gasteiger charge is -2.07. The third-order valence-electron chi connectivity index (χ3n) is 2.41. The molecule has 0 aliphatic rings. The Morgan fingerprint density at radius 3 is 2.74 bits per heavy atom. The summed E-state index contributed by atoms with van der Waals surface area (Å²) in [6, 6.07) is 5.49. The zero-order valence-electron chi connectivity index (χ0n) is 9.88. The van der Waals surface area contributed by atoms with Gasteiger partial charge in [-0.05, 0) is 36.8 Å². The molecule has 0 unspecified atom stereocenters. The molecule has 0 saturated carbocycles. The Bertz CT molecular complexity index is 647. The zero-order chi connectivity index (χ0) is 14.0. The third kappa shape index (κ3) is 3.22. The molecule has 1 amide bonds. The lowest BCUT2D eigenvalue weighted by molar-refractivity contribution is 0.102. The summed E-state index contributed by atoms with van der Waals surface area (Å²) in [5.74, 6) is -1.13. The van der Waals surface area contributed by atoms with E-state index in [2.05, 4.69) is 10.3 Å². The molecule has 1 heterocycles. The van der Waals surface area contributed by atoms with Crippen LogP contribution in [0.2, 0.25) is 10.2 Å². The first kappa shape index (κ1) is 13.8. The number of halogens is 3. The van der Waals surface area contributed by atoms with Crippen LogP contribution in [0.3, 0.4) is 0 Å². The van der Waals surface area contributed by atoms with Gasteiger partial charge in [-0.2, -0.15) is 0 Å². The average Bonchev–Trinajstić information content (AvgIpc) is 2.37. The summed E-state index contributed by atoms with van der Waals surface area (Å²) in [7, 11) is 0. The van der Waals surface area contributed by atoms with Gasteiger partial charge in [-0.25, -0.2) is 9.37 Å². The van der Waals surface area contributed by atoms with Crippen LogP contribution in [0.15, 0.2) is 30.5 Å². The van der Waals surface area contributed by atoms with E-state index in [0.29, 0.717) is 5.69 Å². The highest BCUT2D eigenvalue weighted by molar-refractivity contribution is 6.32. The number of pyridine rings is 1. The molecule has 2 aromatic rings. The van der Waals surface area contributed by atoms with Gasteiger partial charge in [0.2, 0.25) is 0 Å². The molecule has 1 aromatic carbocycles. The fourth-order valence-corrected chi connectivity index (χ4v) is 1.74.